The van der Waals surface area contributed by atoms with Crippen LogP contribution in [0.1, 0.15) is 36.0 Å². The second kappa shape index (κ2) is 5.29. The summed E-state index contributed by atoms with van der Waals surface area (Å²) in [5, 5.41) is 9.13. The van der Waals surface area contributed by atoms with E-state index in [0.29, 0.717) is 12.8 Å². The standard InChI is InChI=1S/C14H15FO3/c15-10-5-3-4-9(8-10)13(16)11-6-1-2-7-12(11)14(17)18/h3-5,8,11-12H,1-2,6-7H2,(H,17,18). The van der Waals surface area contributed by atoms with Crippen LogP contribution in [0, 0.1) is 17.7 Å². The van der Waals surface area contributed by atoms with Gasteiger partial charge in [0.2, 0.25) is 0 Å². The van der Waals surface area contributed by atoms with Gasteiger partial charge in [0.25, 0.3) is 0 Å². The normalized spacial score (nSPS) is 23.6. The minimum atomic E-state index is -0.926. The van der Waals surface area contributed by atoms with Gasteiger partial charge in [-0.05, 0) is 25.0 Å². The molecule has 1 aromatic carbocycles. The molecule has 0 heterocycles. The van der Waals surface area contributed by atoms with Crippen LogP contribution in [0.5, 0.6) is 0 Å². The number of Topliss-reactive ketones (excluding diaryl/α,β-unsaturated/α-hetero) is 1. The Morgan fingerprint density at radius 2 is 1.83 bits per heavy atom. The molecule has 1 aromatic rings. The summed E-state index contributed by atoms with van der Waals surface area (Å²) >= 11 is 0. The predicted octanol–water partition coefficient (Wildman–Crippen LogP) is 2.90. The maximum atomic E-state index is 13.1. The van der Waals surface area contributed by atoms with Crippen LogP contribution in [0.25, 0.3) is 0 Å². The topological polar surface area (TPSA) is 54.4 Å². The zero-order chi connectivity index (χ0) is 13.1. The Bertz CT molecular complexity index is 470. The van der Waals surface area contributed by atoms with E-state index >= 15 is 0 Å². The summed E-state index contributed by atoms with van der Waals surface area (Å²) in [7, 11) is 0. The van der Waals surface area contributed by atoms with Gasteiger partial charge in [-0.2, -0.15) is 0 Å². The Kier molecular flexibility index (Phi) is 3.75. The van der Waals surface area contributed by atoms with E-state index in [1.807, 2.05) is 0 Å². The van der Waals surface area contributed by atoms with Crippen molar-refractivity contribution in [2.24, 2.45) is 11.8 Å². The molecule has 0 bridgehead atoms. The van der Waals surface area contributed by atoms with Crippen LogP contribution in [0.2, 0.25) is 0 Å². The first kappa shape index (κ1) is 12.7. The molecule has 1 aliphatic rings. The Labute approximate surface area is 105 Å². The van der Waals surface area contributed by atoms with Crippen molar-refractivity contribution in [3.8, 4) is 0 Å². The first-order valence-electron chi connectivity index (χ1n) is 6.12. The monoisotopic (exact) mass is 250 g/mol. The number of halogens is 1. The van der Waals surface area contributed by atoms with Crippen molar-refractivity contribution in [2.75, 3.05) is 0 Å². The van der Waals surface area contributed by atoms with Gasteiger partial charge in [-0.3, -0.25) is 9.59 Å². The summed E-state index contributed by atoms with van der Waals surface area (Å²) in [6.07, 6.45) is 2.80. The van der Waals surface area contributed by atoms with Gasteiger partial charge in [-0.25, -0.2) is 4.39 Å². The van der Waals surface area contributed by atoms with E-state index in [2.05, 4.69) is 0 Å². The molecule has 0 spiro atoms. The van der Waals surface area contributed by atoms with E-state index in [0.717, 1.165) is 12.8 Å². The second-order valence-corrected chi connectivity index (χ2v) is 4.71. The molecule has 1 aliphatic carbocycles. The average Bonchev–Trinajstić information content (AvgIpc) is 2.38. The molecule has 2 rings (SSSR count). The van der Waals surface area contributed by atoms with Crippen LogP contribution in [0.4, 0.5) is 4.39 Å². The van der Waals surface area contributed by atoms with Crippen LogP contribution >= 0.6 is 0 Å². The van der Waals surface area contributed by atoms with E-state index in [-0.39, 0.29) is 11.3 Å². The molecule has 3 nitrogen and oxygen atoms in total. The summed E-state index contributed by atoms with van der Waals surface area (Å²) < 4.78 is 13.1. The van der Waals surface area contributed by atoms with Crippen LogP contribution in [0.3, 0.4) is 0 Å². The van der Waals surface area contributed by atoms with Crippen LogP contribution in [-0.4, -0.2) is 16.9 Å². The first-order chi connectivity index (χ1) is 8.59. The quantitative estimate of drug-likeness (QED) is 0.839. The number of benzene rings is 1. The van der Waals surface area contributed by atoms with Crippen molar-refractivity contribution < 1.29 is 19.1 Å². The van der Waals surface area contributed by atoms with Crippen molar-refractivity contribution in [3.63, 3.8) is 0 Å². The molecule has 96 valence electrons. The van der Waals surface area contributed by atoms with Gasteiger partial charge < -0.3 is 5.11 Å². The summed E-state index contributed by atoms with van der Waals surface area (Å²) in [5.41, 5.74) is 0.271. The molecular formula is C14H15FO3. The number of ketones is 1. The molecule has 0 amide bonds. The summed E-state index contributed by atoms with van der Waals surface area (Å²) in [4.78, 5) is 23.4. The fourth-order valence-electron chi connectivity index (χ4n) is 2.60. The van der Waals surface area contributed by atoms with Gasteiger partial charge in [0.15, 0.2) is 5.78 Å². The molecule has 0 radical (unpaired) electrons. The highest BCUT2D eigenvalue weighted by Crippen LogP contribution is 2.32. The van der Waals surface area contributed by atoms with Crippen molar-refractivity contribution >= 4 is 11.8 Å². The van der Waals surface area contributed by atoms with Crippen molar-refractivity contribution in [2.45, 2.75) is 25.7 Å². The minimum Gasteiger partial charge on any atom is -0.481 e. The molecule has 18 heavy (non-hydrogen) atoms. The van der Waals surface area contributed by atoms with Crippen molar-refractivity contribution in [3.05, 3.63) is 35.6 Å². The number of aliphatic carboxylic acids is 1. The third-order valence-electron chi connectivity index (χ3n) is 3.53. The fraction of sp³-hybridized carbons (Fsp3) is 0.429. The maximum absolute atomic E-state index is 13.1. The van der Waals surface area contributed by atoms with E-state index in [9.17, 15) is 14.0 Å². The van der Waals surface area contributed by atoms with E-state index in [1.54, 1.807) is 6.07 Å². The van der Waals surface area contributed by atoms with Gasteiger partial charge in [0.05, 0.1) is 5.92 Å². The Morgan fingerprint density at radius 1 is 1.17 bits per heavy atom. The largest absolute Gasteiger partial charge is 0.481 e. The third-order valence-corrected chi connectivity index (χ3v) is 3.53. The Hall–Kier alpha value is -1.71. The van der Waals surface area contributed by atoms with E-state index < -0.39 is 23.6 Å². The van der Waals surface area contributed by atoms with Gasteiger partial charge in [-0.15, -0.1) is 0 Å². The summed E-state index contributed by atoms with van der Waals surface area (Å²) in [6.45, 7) is 0. The molecule has 0 aromatic heterocycles. The molecule has 1 saturated carbocycles. The lowest BCUT2D eigenvalue weighted by Crippen LogP contribution is -2.32. The Balaban J connectivity index is 2.23. The highest BCUT2D eigenvalue weighted by Gasteiger charge is 2.35. The number of carboxylic acids is 1. The third kappa shape index (κ3) is 2.58. The summed E-state index contributed by atoms with van der Waals surface area (Å²) in [6, 6.07) is 5.46. The number of rotatable bonds is 3. The number of carbonyl (C=O) groups is 2. The minimum absolute atomic E-state index is 0.249. The van der Waals surface area contributed by atoms with Gasteiger partial charge in [0.1, 0.15) is 5.82 Å². The van der Waals surface area contributed by atoms with Gasteiger partial charge in [-0.1, -0.05) is 25.0 Å². The zero-order valence-electron chi connectivity index (χ0n) is 9.93. The van der Waals surface area contributed by atoms with Crippen molar-refractivity contribution in [1.29, 1.82) is 0 Å². The Morgan fingerprint density at radius 3 is 2.44 bits per heavy atom. The lowest BCUT2D eigenvalue weighted by Gasteiger charge is -2.27. The van der Waals surface area contributed by atoms with Crippen LogP contribution in [-0.2, 0) is 4.79 Å². The predicted molar refractivity (Wildman–Crippen MR) is 63.8 cm³/mol. The molecular weight excluding hydrogens is 235 g/mol. The highest BCUT2D eigenvalue weighted by molar-refractivity contribution is 5.99. The lowest BCUT2D eigenvalue weighted by atomic mass is 9.75. The van der Waals surface area contributed by atoms with Crippen LogP contribution in [0.15, 0.2) is 24.3 Å². The zero-order valence-corrected chi connectivity index (χ0v) is 9.93. The molecule has 4 heteroatoms. The molecule has 2 atom stereocenters. The number of hydrogen-bond donors (Lipinski definition) is 1. The lowest BCUT2D eigenvalue weighted by molar-refractivity contribution is -0.144. The van der Waals surface area contributed by atoms with E-state index in [4.69, 9.17) is 5.11 Å². The smallest absolute Gasteiger partial charge is 0.307 e. The molecule has 2 unspecified atom stereocenters. The average molecular weight is 250 g/mol. The maximum Gasteiger partial charge on any atom is 0.307 e. The number of hydrogen-bond acceptors (Lipinski definition) is 2. The van der Waals surface area contributed by atoms with E-state index in [1.165, 1.54) is 18.2 Å². The highest BCUT2D eigenvalue weighted by atomic mass is 19.1. The number of carbonyl (C=O) groups excluding carboxylic acids is 1. The summed E-state index contributed by atoms with van der Waals surface area (Å²) in [5.74, 6) is -2.79. The molecule has 1 N–H and O–H groups in total. The molecule has 0 saturated heterocycles. The van der Waals surface area contributed by atoms with Gasteiger partial charge in [0, 0.05) is 11.5 Å². The van der Waals surface area contributed by atoms with Crippen LogP contribution < -0.4 is 0 Å². The van der Waals surface area contributed by atoms with Crippen molar-refractivity contribution in [1.82, 2.24) is 0 Å². The molecule has 0 aliphatic heterocycles. The second-order valence-electron chi connectivity index (χ2n) is 4.71. The van der Waals surface area contributed by atoms with Gasteiger partial charge >= 0.3 is 5.97 Å². The SMILES string of the molecule is O=C(O)C1CCCCC1C(=O)c1cccc(F)c1. The molecule has 1 fully saturated rings. The fourth-order valence-corrected chi connectivity index (χ4v) is 2.60. The number of carboxylic acid groups (broad SMARTS) is 1. The first-order valence-corrected chi connectivity index (χ1v) is 6.12.